The lowest BCUT2D eigenvalue weighted by Gasteiger charge is -2.62. The first-order valence-electron chi connectivity index (χ1n) is 9.95. The molecule has 2 atom stereocenters. The van der Waals surface area contributed by atoms with Gasteiger partial charge < -0.3 is 15.1 Å². The first-order valence-corrected chi connectivity index (χ1v) is 10.8. The first kappa shape index (κ1) is 15.0. The van der Waals surface area contributed by atoms with Crippen LogP contribution in [0.4, 0.5) is 5.13 Å². The first-order chi connectivity index (χ1) is 12.2. The van der Waals surface area contributed by atoms with Crippen LogP contribution in [0.15, 0.2) is 0 Å². The average molecular weight is 359 g/mol. The Bertz CT molecular complexity index is 698. The minimum Gasteiger partial charge on any atom is -0.340 e. The molecule has 3 aliphatic carbocycles. The predicted molar refractivity (Wildman–Crippen MR) is 97.8 cm³/mol. The molecule has 1 N–H and O–H groups in total. The molecule has 2 unspecified atom stereocenters. The van der Waals surface area contributed by atoms with Gasteiger partial charge >= 0.3 is 0 Å². The number of thiazole rings is 1. The van der Waals surface area contributed by atoms with E-state index in [-0.39, 0.29) is 0 Å². The van der Waals surface area contributed by atoms with Crippen LogP contribution >= 0.6 is 11.3 Å². The molecule has 1 amide bonds. The maximum Gasteiger partial charge on any atom is 0.223 e. The molecule has 134 valence electrons. The lowest BCUT2D eigenvalue weighted by molar-refractivity contribution is -0.153. The molecule has 7 rings (SSSR count). The standard InChI is InChI=1S/C19H26N4OS/c24-17(8-19-5-12(6-19)7-19)22-4-3-15-16(11-22)25-18(21-15)23-13-1-2-14(23)10-20-9-13/h12-14,20H,1-11H2. The number of aromatic nitrogens is 1. The van der Waals surface area contributed by atoms with Crippen LogP contribution in [0.5, 0.6) is 0 Å². The van der Waals surface area contributed by atoms with Crippen molar-refractivity contribution in [1.29, 1.82) is 0 Å². The van der Waals surface area contributed by atoms with Crippen molar-refractivity contribution in [2.45, 2.75) is 63.6 Å². The fourth-order valence-corrected chi connectivity index (χ4v) is 7.17. The molecule has 2 saturated heterocycles. The van der Waals surface area contributed by atoms with E-state index in [2.05, 4.69) is 15.1 Å². The van der Waals surface area contributed by atoms with Crippen LogP contribution in [0.25, 0.3) is 0 Å². The molecule has 6 heteroatoms. The van der Waals surface area contributed by atoms with Gasteiger partial charge in [-0.25, -0.2) is 4.98 Å². The highest BCUT2D eigenvalue weighted by Crippen LogP contribution is 2.66. The maximum absolute atomic E-state index is 12.8. The summed E-state index contributed by atoms with van der Waals surface area (Å²) in [6, 6.07) is 1.24. The molecule has 0 radical (unpaired) electrons. The second-order valence-electron chi connectivity index (χ2n) is 9.04. The number of hydrogen-bond acceptors (Lipinski definition) is 5. The van der Waals surface area contributed by atoms with Gasteiger partial charge in [0.2, 0.25) is 5.91 Å². The Kier molecular flexibility index (Phi) is 3.11. The van der Waals surface area contributed by atoms with Crippen LogP contribution in [-0.2, 0) is 17.8 Å². The van der Waals surface area contributed by atoms with Crippen LogP contribution in [0.1, 0.15) is 49.1 Å². The number of rotatable bonds is 3. The number of nitrogens with zero attached hydrogens (tertiary/aromatic N) is 3. The molecule has 6 aliphatic rings. The van der Waals surface area contributed by atoms with E-state index in [0.717, 1.165) is 44.9 Å². The number of hydrogen-bond donors (Lipinski definition) is 1. The molecule has 3 aliphatic heterocycles. The number of anilines is 1. The predicted octanol–water partition coefficient (Wildman–Crippen LogP) is 2.16. The van der Waals surface area contributed by atoms with Crippen LogP contribution in [-0.4, -0.2) is 47.5 Å². The Labute approximate surface area is 152 Å². The topological polar surface area (TPSA) is 48.5 Å². The van der Waals surface area contributed by atoms with Gasteiger partial charge in [0.15, 0.2) is 5.13 Å². The second kappa shape index (κ2) is 5.19. The maximum atomic E-state index is 12.8. The molecule has 25 heavy (non-hydrogen) atoms. The number of amides is 1. The third kappa shape index (κ3) is 2.23. The highest BCUT2D eigenvalue weighted by atomic mass is 32.1. The summed E-state index contributed by atoms with van der Waals surface area (Å²) in [4.78, 5) is 23.8. The lowest BCUT2D eigenvalue weighted by Crippen LogP contribution is -2.54. The van der Waals surface area contributed by atoms with Gasteiger partial charge in [0, 0.05) is 49.4 Å². The third-order valence-corrected chi connectivity index (χ3v) is 8.46. The van der Waals surface area contributed by atoms with E-state index in [9.17, 15) is 4.79 Å². The minimum atomic E-state index is 0.390. The Morgan fingerprint density at radius 1 is 1.24 bits per heavy atom. The molecule has 4 bridgehead atoms. The highest BCUT2D eigenvalue weighted by molar-refractivity contribution is 7.15. The fourth-order valence-electron chi connectivity index (χ4n) is 5.90. The summed E-state index contributed by atoms with van der Waals surface area (Å²) in [5.74, 6) is 1.35. The van der Waals surface area contributed by atoms with Gasteiger partial charge in [-0.2, -0.15) is 0 Å². The average Bonchev–Trinajstić information content (AvgIpc) is 3.06. The quantitative estimate of drug-likeness (QED) is 0.900. The highest BCUT2D eigenvalue weighted by Gasteiger charge is 2.57. The Hall–Kier alpha value is -1.14. The molecule has 3 saturated carbocycles. The van der Waals surface area contributed by atoms with Crippen molar-refractivity contribution >= 4 is 22.4 Å². The molecule has 4 heterocycles. The van der Waals surface area contributed by atoms with Gasteiger partial charge in [0.1, 0.15) is 0 Å². The number of piperazine rings is 1. The van der Waals surface area contributed by atoms with Crippen molar-refractivity contribution in [2.75, 3.05) is 24.5 Å². The minimum absolute atomic E-state index is 0.390. The zero-order valence-corrected chi connectivity index (χ0v) is 15.5. The number of fused-ring (bicyclic) bond motifs is 3. The van der Waals surface area contributed by atoms with Crippen molar-refractivity contribution in [3.8, 4) is 0 Å². The summed E-state index contributed by atoms with van der Waals surface area (Å²) in [6.45, 7) is 3.85. The van der Waals surface area contributed by atoms with E-state index in [0.29, 0.717) is 23.4 Å². The van der Waals surface area contributed by atoms with E-state index in [1.165, 1.54) is 47.8 Å². The van der Waals surface area contributed by atoms with E-state index >= 15 is 0 Å². The van der Waals surface area contributed by atoms with Crippen LogP contribution in [0.2, 0.25) is 0 Å². The fraction of sp³-hybridized carbons (Fsp3) is 0.789. The van der Waals surface area contributed by atoms with Crippen molar-refractivity contribution in [2.24, 2.45) is 11.3 Å². The molecule has 1 aromatic rings. The Balaban J connectivity index is 1.18. The molecule has 1 aromatic heterocycles. The smallest absolute Gasteiger partial charge is 0.223 e. The van der Waals surface area contributed by atoms with Crippen LogP contribution in [0.3, 0.4) is 0 Å². The summed E-state index contributed by atoms with van der Waals surface area (Å²) in [7, 11) is 0. The van der Waals surface area contributed by atoms with Gasteiger partial charge in [0.05, 0.1) is 12.2 Å². The summed E-state index contributed by atoms with van der Waals surface area (Å²) in [5.41, 5.74) is 1.67. The van der Waals surface area contributed by atoms with Gasteiger partial charge in [-0.15, -0.1) is 0 Å². The summed E-state index contributed by atoms with van der Waals surface area (Å²) in [6.07, 6.45) is 8.25. The van der Waals surface area contributed by atoms with Crippen LogP contribution < -0.4 is 10.2 Å². The largest absolute Gasteiger partial charge is 0.340 e. The zero-order valence-electron chi connectivity index (χ0n) is 14.7. The molecule has 0 aromatic carbocycles. The summed E-state index contributed by atoms with van der Waals surface area (Å²) < 4.78 is 0. The molecular formula is C19H26N4OS. The van der Waals surface area contributed by atoms with E-state index in [4.69, 9.17) is 4.98 Å². The lowest BCUT2D eigenvalue weighted by atomic mass is 9.43. The molecule has 5 nitrogen and oxygen atoms in total. The SMILES string of the molecule is O=C(CC12CC(C1)C2)N1CCc2nc(N3C4CCC3CNC4)sc2C1. The summed E-state index contributed by atoms with van der Waals surface area (Å²) in [5, 5.41) is 4.76. The number of carbonyl (C=O) groups excluding carboxylic acids is 1. The van der Waals surface area contributed by atoms with Crippen molar-refractivity contribution < 1.29 is 4.79 Å². The summed E-state index contributed by atoms with van der Waals surface area (Å²) >= 11 is 1.85. The van der Waals surface area contributed by atoms with E-state index in [1.807, 2.05) is 11.3 Å². The number of nitrogens with one attached hydrogen (secondary N) is 1. The van der Waals surface area contributed by atoms with Gasteiger partial charge in [0.25, 0.3) is 0 Å². The van der Waals surface area contributed by atoms with Gasteiger partial charge in [-0.1, -0.05) is 11.3 Å². The number of carbonyl (C=O) groups is 1. The van der Waals surface area contributed by atoms with Crippen molar-refractivity contribution in [1.82, 2.24) is 15.2 Å². The van der Waals surface area contributed by atoms with E-state index < -0.39 is 0 Å². The Morgan fingerprint density at radius 3 is 2.68 bits per heavy atom. The van der Waals surface area contributed by atoms with Gasteiger partial charge in [-0.05, 0) is 43.4 Å². The third-order valence-electron chi connectivity index (χ3n) is 7.36. The van der Waals surface area contributed by atoms with E-state index in [1.54, 1.807) is 0 Å². The van der Waals surface area contributed by atoms with Crippen molar-refractivity contribution in [3.63, 3.8) is 0 Å². The van der Waals surface area contributed by atoms with Crippen molar-refractivity contribution in [3.05, 3.63) is 10.6 Å². The molecular weight excluding hydrogens is 332 g/mol. The normalized spacial score (nSPS) is 38.2. The molecule has 0 spiro atoms. The van der Waals surface area contributed by atoms with Gasteiger partial charge in [-0.3, -0.25) is 4.79 Å². The van der Waals surface area contributed by atoms with Crippen LogP contribution in [0, 0.1) is 11.3 Å². The second-order valence-corrected chi connectivity index (χ2v) is 10.1. The molecule has 5 fully saturated rings. The monoisotopic (exact) mass is 358 g/mol. The Morgan fingerprint density at radius 2 is 2.00 bits per heavy atom. The zero-order chi connectivity index (χ0) is 16.6.